The van der Waals surface area contributed by atoms with Gasteiger partial charge in [0.25, 0.3) is 0 Å². The zero-order chi connectivity index (χ0) is 20.1. The molecule has 1 aromatic carbocycles. The molecule has 2 aromatic rings. The molecule has 8 heteroatoms. The first-order chi connectivity index (χ1) is 13.5. The highest BCUT2D eigenvalue weighted by Gasteiger charge is 2.21. The molecule has 6 nitrogen and oxygen atoms in total. The first-order valence-electron chi connectivity index (χ1n) is 9.30. The van der Waals surface area contributed by atoms with Crippen LogP contribution >= 0.6 is 11.8 Å². The minimum absolute atomic E-state index is 0.159. The number of methoxy groups -OCH3 is 1. The van der Waals surface area contributed by atoms with Gasteiger partial charge >= 0.3 is 0 Å². The molecule has 0 radical (unpaired) electrons. The molecule has 1 fully saturated rings. The maximum atomic E-state index is 13.8. The SMILES string of the molecule is COc1ccc(CN2CCN(C(=O)CSCc3c(C)noc3C)CC2)cc1F. The molecule has 1 aliphatic rings. The fourth-order valence-corrected chi connectivity index (χ4v) is 4.34. The van der Waals surface area contributed by atoms with Crippen molar-refractivity contribution in [2.45, 2.75) is 26.1 Å². The van der Waals surface area contributed by atoms with E-state index in [1.165, 1.54) is 13.2 Å². The highest BCUT2D eigenvalue weighted by atomic mass is 32.2. The first kappa shape index (κ1) is 20.7. The Hall–Kier alpha value is -2.06. The van der Waals surface area contributed by atoms with Gasteiger partial charge in [-0.15, -0.1) is 11.8 Å². The number of benzene rings is 1. The molecule has 0 unspecified atom stereocenters. The Labute approximate surface area is 169 Å². The summed E-state index contributed by atoms with van der Waals surface area (Å²) in [6.07, 6.45) is 0. The molecule has 1 saturated heterocycles. The van der Waals surface area contributed by atoms with Gasteiger partial charge in [0.05, 0.1) is 18.6 Å². The number of ether oxygens (including phenoxy) is 1. The van der Waals surface area contributed by atoms with Gasteiger partial charge in [0.1, 0.15) is 5.76 Å². The van der Waals surface area contributed by atoms with Gasteiger partial charge in [-0.05, 0) is 31.5 Å². The summed E-state index contributed by atoms with van der Waals surface area (Å²) >= 11 is 1.59. The molecule has 0 bridgehead atoms. The summed E-state index contributed by atoms with van der Waals surface area (Å²) in [5.41, 5.74) is 2.88. The van der Waals surface area contributed by atoms with E-state index >= 15 is 0 Å². The summed E-state index contributed by atoms with van der Waals surface area (Å²) in [6, 6.07) is 5.05. The van der Waals surface area contributed by atoms with Crippen molar-refractivity contribution in [3.8, 4) is 5.75 Å². The van der Waals surface area contributed by atoms with Crippen LogP contribution in [0.25, 0.3) is 0 Å². The molecule has 1 amide bonds. The molecule has 1 aromatic heterocycles. The number of aromatic nitrogens is 1. The molecular weight excluding hydrogens is 381 g/mol. The van der Waals surface area contributed by atoms with Crippen LogP contribution in [0, 0.1) is 19.7 Å². The molecule has 0 N–H and O–H groups in total. The van der Waals surface area contributed by atoms with E-state index in [4.69, 9.17) is 9.26 Å². The lowest BCUT2D eigenvalue weighted by atomic mass is 10.2. The second kappa shape index (κ2) is 9.43. The van der Waals surface area contributed by atoms with Crippen molar-refractivity contribution in [2.75, 3.05) is 39.0 Å². The summed E-state index contributed by atoms with van der Waals surface area (Å²) in [7, 11) is 1.46. The van der Waals surface area contributed by atoms with Crippen molar-refractivity contribution in [3.63, 3.8) is 0 Å². The summed E-state index contributed by atoms with van der Waals surface area (Å²) in [5.74, 6) is 2.08. The van der Waals surface area contributed by atoms with Gasteiger partial charge < -0.3 is 14.2 Å². The van der Waals surface area contributed by atoms with Crippen LogP contribution < -0.4 is 4.74 Å². The Morgan fingerprint density at radius 3 is 2.64 bits per heavy atom. The van der Waals surface area contributed by atoms with Crippen LogP contribution in [0.5, 0.6) is 5.75 Å². The number of thioether (sulfide) groups is 1. The van der Waals surface area contributed by atoms with Crippen LogP contribution in [-0.2, 0) is 17.1 Å². The average molecular weight is 408 g/mol. The minimum Gasteiger partial charge on any atom is -0.494 e. The lowest BCUT2D eigenvalue weighted by Gasteiger charge is -2.34. The monoisotopic (exact) mass is 407 g/mol. The van der Waals surface area contributed by atoms with Crippen LogP contribution in [0.15, 0.2) is 22.7 Å². The van der Waals surface area contributed by atoms with Crippen molar-refractivity contribution in [1.82, 2.24) is 15.0 Å². The number of carbonyl (C=O) groups excluding carboxylic acids is 1. The van der Waals surface area contributed by atoms with E-state index in [0.29, 0.717) is 25.4 Å². The average Bonchev–Trinajstić information content (AvgIpc) is 3.00. The smallest absolute Gasteiger partial charge is 0.232 e. The van der Waals surface area contributed by atoms with Crippen LogP contribution in [0.2, 0.25) is 0 Å². The Kier molecular flexibility index (Phi) is 6.96. The predicted octanol–water partition coefficient (Wildman–Crippen LogP) is 3.02. The number of carbonyl (C=O) groups is 1. The number of aryl methyl sites for hydroxylation is 2. The molecule has 2 heterocycles. The Bertz CT molecular complexity index is 800. The van der Waals surface area contributed by atoms with Crippen molar-refractivity contribution < 1.29 is 18.4 Å². The van der Waals surface area contributed by atoms with Gasteiger partial charge in [-0.2, -0.15) is 0 Å². The maximum absolute atomic E-state index is 13.8. The quantitative estimate of drug-likeness (QED) is 0.703. The number of amides is 1. The third-order valence-corrected chi connectivity index (χ3v) is 5.94. The second-order valence-corrected chi connectivity index (χ2v) is 7.91. The van der Waals surface area contributed by atoms with E-state index in [-0.39, 0.29) is 17.5 Å². The normalized spacial score (nSPS) is 15.1. The standard InChI is InChI=1S/C20H26FN3O3S/c1-14-17(15(2)27-22-14)12-28-13-20(25)24-8-6-23(7-9-24)11-16-4-5-19(26-3)18(21)10-16/h4-5,10H,6-9,11-13H2,1-3H3. The van der Waals surface area contributed by atoms with Crippen LogP contribution in [0.3, 0.4) is 0 Å². The number of halogens is 1. The zero-order valence-corrected chi connectivity index (χ0v) is 17.4. The molecule has 1 aliphatic heterocycles. The highest BCUT2D eigenvalue weighted by molar-refractivity contribution is 7.99. The molecule has 28 heavy (non-hydrogen) atoms. The van der Waals surface area contributed by atoms with Gasteiger partial charge in [0.15, 0.2) is 11.6 Å². The maximum Gasteiger partial charge on any atom is 0.232 e. The van der Waals surface area contributed by atoms with E-state index in [9.17, 15) is 9.18 Å². The molecule has 3 rings (SSSR count). The predicted molar refractivity (Wildman–Crippen MR) is 107 cm³/mol. The molecule has 0 saturated carbocycles. The van der Waals surface area contributed by atoms with Gasteiger partial charge in [-0.3, -0.25) is 9.69 Å². The molecule has 0 atom stereocenters. The lowest BCUT2D eigenvalue weighted by Crippen LogP contribution is -2.48. The minimum atomic E-state index is -0.343. The van der Waals surface area contributed by atoms with Crippen molar-refractivity contribution in [2.24, 2.45) is 0 Å². The fraction of sp³-hybridized carbons (Fsp3) is 0.500. The number of hydrogen-bond acceptors (Lipinski definition) is 6. The third-order valence-electron chi connectivity index (χ3n) is 5.00. The Balaban J connectivity index is 1.42. The van der Waals surface area contributed by atoms with E-state index in [1.54, 1.807) is 17.8 Å². The Morgan fingerprint density at radius 2 is 2.04 bits per heavy atom. The summed E-state index contributed by atoms with van der Waals surface area (Å²) < 4.78 is 23.9. The van der Waals surface area contributed by atoms with E-state index in [0.717, 1.165) is 41.4 Å². The number of piperazine rings is 1. The van der Waals surface area contributed by atoms with Crippen molar-refractivity contribution in [3.05, 3.63) is 46.6 Å². The van der Waals surface area contributed by atoms with Gasteiger partial charge in [0, 0.05) is 44.0 Å². The summed E-state index contributed by atoms with van der Waals surface area (Å²) in [5, 5.41) is 3.94. The van der Waals surface area contributed by atoms with Crippen LogP contribution in [0.1, 0.15) is 22.6 Å². The van der Waals surface area contributed by atoms with Gasteiger partial charge in [-0.25, -0.2) is 4.39 Å². The third kappa shape index (κ3) is 5.05. The number of rotatable bonds is 7. The van der Waals surface area contributed by atoms with Gasteiger partial charge in [-0.1, -0.05) is 11.2 Å². The Morgan fingerprint density at radius 1 is 1.29 bits per heavy atom. The zero-order valence-electron chi connectivity index (χ0n) is 16.5. The van der Waals surface area contributed by atoms with Gasteiger partial charge in [0.2, 0.25) is 5.91 Å². The van der Waals surface area contributed by atoms with E-state index < -0.39 is 0 Å². The summed E-state index contributed by atoms with van der Waals surface area (Å²) in [4.78, 5) is 16.6. The largest absolute Gasteiger partial charge is 0.494 e. The van der Waals surface area contributed by atoms with Crippen LogP contribution in [0.4, 0.5) is 4.39 Å². The number of hydrogen-bond donors (Lipinski definition) is 0. The topological polar surface area (TPSA) is 58.8 Å². The molecule has 0 spiro atoms. The van der Waals surface area contributed by atoms with Crippen molar-refractivity contribution >= 4 is 17.7 Å². The summed E-state index contributed by atoms with van der Waals surface area (Å²) in [6.45, 7) is 7.45. The first-order valence-corrected chi connectivity index (χ1v) is 10.5. The second-order valence-electron chi connectivity index (χ2n) is 6.92. The van der Waals surface area contributed by atoms with Crippen molar-refractivity contribution in [1.29, 1.82) is 0 Å². The molecule has 0 aliphatic carbocycles. The van der Waals surface area contributed by atoms with E-state index in [1.807, 2.05) is 24.8 Å². The van der Waals surface area contributed by atoms with Crippen LogP contribution in [-0.4, -0.2) is 59.9 Å². The highest BCUT2D eigenvalue weighted by Crippen LogP contribution is 2.21. The fourth-order valence-electron chi connectivity index (χ4n) is 3.26. The number of nitrogens with zero attached hydrogens (tertiary/aromatic N) is 3. The molecular formula is C20H26FN3O3S. The molecule has 152 valence electrons. The van der Waals surface area contributed by atoms with E-state index in [2.05, 4.69) is 10.1 Å². The lowest BCUT2D eigenvalue weighted by molar-refractivity contribution is -0.130.